The van der Waals surface area contributed by atoms with Crippen LogP contribution in [0.2, 0.25) is 0 Å². The minimum absolute atomic E-state index is 0.122. The van der Waals surface area contributed by atoms with Gasteiger partial charge in [-0.05, 0) is 56.0 Å². The highest BCUT2D eigenvalue weighted by atomic mass is 16.4. The van der Waals surface area contributed by atoms with Gasteiger partial charge in [-0.2, -0.15) is 0 Å². The van der Waals surface area contributed by atoms with Gasteiger partial charge in [0.1, 0.15) is 12.2 Å². The second-order valence-electron chi connectivity index (χ2n) is 8.68. The topological polar surface area (TPSA) is 67.4 Å². The molecule has 5 rings (SSSR count). The molecule has 0 spiro atoms. The molecule has 7 nitrogen and oxygen atoms in total. The van der Waals surface area contributed by atoms with Crippen molar-refractivity contribution in [2.75, 3.05) is 31.1 Å². The molecule has 7 heteroatoms. The number of benzene rings is 1. The first-order chi connectivity index (χ1) is 15.1. The van der Waals surface area contributed by atoms with Crippen LogP contribution in [0.25, 0.3) is 11.6 Å². The van der Waals surface area contributed by atoms with Gasteiger partial charge in [0.25, 0.3) is 5.89 Å². The molecule has 1 aliphatic carbocycles. The third-order valence-corrected chi connectivity index (χ3v) is 6.80. The molecule has 3 aromatic rings. The van der Waals surface area contributed by atoms with E-state index in [9.17, 15) is 4.79 Å². The summed E-state index contributed by atoms with van der Waals surface area (Å²) in [4.78, 5) is 17.3. The number of piperazine rings is 1. The molecule has 2 fully saturated rings. The number of hydrogen-bond acceptors (Lipinski definition) is 5. The first kappa shape index (κ1) is 19.8. The Kier molecular flexibility index (Phi) is 5.26. The molecule has 1 aliphatic heterocycles. The number of aryl methyl sites for hydroxylation is 1. The summed E-state index contributed by atoms with van der Waals surface area (Å²) in [6.07, 6.45) is 5.38. The predicted octanol–water partition coefficient (Wildman–Crippen LogP) is 3.77. The highest BCUT2D eigenvalue weighted by Gasteiger charge is 2.27. The van der Waals surface area contributed by atoms with Crippen molar-refractivity contribution in [1.29, 1.82) is 0 Å². The van der Waals surface area contributed by atoms with Crippen LogP contribution in [0.1, 0.15) is 42.2 Å². The Morgan fingerprint density at radius 1 is 1.06 bits per heavy atom. The first-order valence-electron chi connectivity index (χ1n) is 11.2. The molecule has 2 aliphatic rings. The van der Waals surface area contributed by atoms with E-state index in [1.807, 2.05) is 27.8 Å². The van der Waals surface area contributed by atoms with Crippen LogP contribution >= 0.6 is 0 Å². The smallest absolute Gasteiger partial charge is 0.264 e. The summed E-state index contributed by atoms with van der Waals surface area (Å²) in [5.41, 5.74) is 4.71. The summed E-state index contributed by atoms with van der Waals surface area (Å²) in [7, 11) is 0. The Morgan fingerprint density at radius 3 is 2.61 bits per heavy atom. The van der Waals surface area contributed by atoms with E-state index in [1.165, 1.54) is 23.2 Å². The number of nitrogens with zero attached hydrogens (tertiary/aromatic N) is 5. The van der Waals surface area contributed by atoms with Gasteiger partial charge in [-0.3, -0.25) is 4.79 Å². The van der Waals surface area contributed by atoms with Crippen LogP contribution in [0.3, 0.4) is 0 Å². The standard InChI is InChI=1S/C24H29N5O2/c1-17-6-3-9-20(18(17)2)27-12-14-28(15-13-27)22(30)16-29-11-5-10-21(29)24-26-25-23(31-24)19-7-4-8-19/h3,5-6,9-11,19H,4,7-8,12-16H2,1-2H3. The van der Waals surface area contributed by atoms with Crippen molar-refractivity contribution < 1.29 is 9.21 Å². The molecule has 0 atom stereocenters. The van der Waals surface area contributed by atoms with Crippen LogP contribution in [0.15, 0.2) is 40.9 Å². The van der Waals surface area contributed by atoms with E-state index in [2.05, 4.69) is 47.1 Å². The van der Waals surface area contributed by atoms with E-state index in [4.69, 9.17) is 4.42 Å². The van der Waals surface area contributed by atoms with Gasteiger partial charge >= 0.3 is 0 Å². The quantitative estimate of drug-likeness (QED) is 0.630. The van der Waals surface area contributed by atoms with E-state index in [-0.39, 0.29) is 12.5 Å². The van der Waals surface area contributed by atoms with Gasteiger partial charge in [-0.25, -0.2) is 0 Å². The normalized spacial score (nSPS) is 17.1. The molecule has 1 aromatic carbocycles. The third-order valence-electron chi connectivity index (χ3n) is 6.80. The lowest BCUT2D eigenvalue weighted by atomic mass is 9.85. The second kappa shape index (κ2) is 8.21. The van der Waals surface area contributed by atoms with Crippen LogP contribution in [-0.2, 0) is 11.3 Å². The summed E-state index contributed by atoms with van der Waals surface area (Å²) >= 11 is 0. The fourth-order valence-corrected chi connectivity index (χ4v) is 4.43. The maximum Gasteiger partial charge on any atom is 0.264 e. The summed E-state index contributed by atoms with van der Waals surface area (Å²) in [6, 6.07) is 10.3. The lowest BCUT2D eigenvalue weighted by Gasteiger charge is -2.37. The van der Waals surface area contributed by atoms with Gasteiger partial charge in [0.2, 0.25) is 11.8 Å². The van der Waals surface area contributed by atoms with Gasteiger partial charge in [0.15, 0.2) is 0 Å². The second-order valence-corrected chi connectivity index (χ2v) is 8.68. The summed E-state index contributed by atoms with van der Waals surface area (Å²) in [6.45, 7) is 7.76. The SMILES string of the molecule is Cc1cccc(N2CCN(C(=O)Cn3cccc3-c3nnc(C4CCC4)o3)CC2)c1C. The Balaban J connectivity index is 1.22. The van der Waals surface area contributed by atoms with Crippen molar-refractivity contribution >= 4 is 11.6 Å². The third kappa shape index (κ3) is 3.84. The van der Waals surface area contributed by atoms with Crippen LogP contribution in [0.4, 0.5) is 5.69 Å². The number of rotatable bonds is 5. The predicted molar refractivity (Wildman–Crippen MR) is 119 cm³/mol. The van der Waals surface area contributed by atoms with Crippen LogP contribution in [0.5, 0.6) is 0 Å². The van der Waals surface area contributed by atoms with Gasteiger partial charge in [0, 0.05) is 44.0 Å². The van der Waals surface area contributed by atoms with E-state index < -0.39 is 0 Å². The van der Waals surface area contributed by atoms with Crippen LogP contribution in [-0.4, -0.2) is 51.8 Å². The number of aromatic nitrogens is 3. The number of carbonyl (C=O) groups excluding carboxylic acids is 1. The number of carbonyl (C=O) groups is 1. The molecule has 1 amide bonds. The average Bonchev–Trinajstić information content (AvgIpc) is 3.38. The molecule has 31 heavy (non-hydrogen) atoms. The van der Waals surface area contributed by atoms with Crippen molar-refractivity contribution in [2.45, 2.75) is 45.6 Å². The number of amides is 1. The highest BCUT2D eigenvalue weighted by molar-refractivity contribution is 5.77. The molecule has 0 radical (unpaired) electrons. The minimum Gasteiger partial charge on any atom is -0.419 e. The lowest BCUT2D eigenvalue weighted by molar-refractivity contribution is -0.132. The zero-order valence-electron chi connectivity index (χ0n) is 18.3. The minimum atomic E-state index is 0.122. The fourth-order valence-electron chi connectivity index (χ4n) is 4.43. The highest BCUT2D eigenvalue weighted by Crippen LogP contribution is 2.36. The zero-order valence-corrected chi connectivity index (χ0v) is 18.3. The van der Waals surface area contributed by atoms with E-state index >= 15 is 0 Å². The summed E-state index contributed by atoms with van der Waals surface area (Å²) < 4.78 is 7.82. The van der Waals surface area contributed by atoms with E-state index in [1.54, 1.807) is 0 Å². The van der Waals surface area contributed by atoms with Crippen molar-refractivity contribution in [3.63, 3.8) is 0 Å². The molecule has 2 aromatic heterocycles. The molecule has 0 bridgehead atoms. The van der Waals surface area contributed by atoms with Crippen molar-refractivity contribution in [1.82, 2.24) is 19.7 Å². The Labute approximate surface area is 182 Å². The van der Waals surface area contributed by atoms with Gasteiger partial charge in [-0.15, -0.1) is 10.2 Å². The molecule has 3 heterocycles. The number of hydrogen-bond donors (Lipinski definition) is 0. The van der Waals surface area contributed by atoms with Crippen molar-refractivity contribution in [2.24, 2.45) is 0 Å². The average molecular weight is 420 g/mol. The van der Waals surface area contributed by atoms with Crippen molar-refractivity contribution in [3.05, 3.63) is 53.5 Å². The fraction of sp³-hybridized carbons (Fsp3) is 0.458. The van der Waals surface area contributed by atoms with Gasteiger partial charge < -0.3 is 18.8 Å². The summed E-state index contributed by atoms with van der Waals surface area (Å²) in [5.74, 6) is 1.75. The molecule has 0 N–H and O–H groups in total. The van der Waals surface area contributed by atoms with E-state index in [0.29, 0.717) is 11.8 Å². The van der Waals surface area contributed by atoms with Crippen molar-refractivity contribution in [3.8, 4) is 11.6 Å². The largest absolute Gasteiger partial charge is 0.419 e. The molecular formula is C24H29N5O2. The molecule has 1 saturated carbocycles. The molecular weight excluding hydrogens is 390 g/mol. The van der Waals surface area contributed by atoms with Crippen LogP contribution in [0, 0.1) is 13.8 Å². The number of anilines is 1. The maximum atomic E-state index is 13.0. The first-order valence-corrected chi connectivity index (χ1v) is 11.2. The molecule has 0 unspecified atom stereocenters. The monoisotopic (exact) mass is 419 g/mol. The maximum absolute atomic E-state index is 13.0. The Hall–Kier alpha value is -3.09. The van der Waals surface area contributed by atoms with Gasteiger partial charge in [-0.1, -0.05) is 18.6 Å². The molecule has 162 valence electrons. The lowest BCUT2D eigenvalue weighted by Crippen LogP contribution is -2.49. The molecule has 1 saturated heterocycles. The zero-order chi connectivity index (χ0) is 21.4. The van der Waals surface area contributed by atoms with Crippen LogP contribution < -0.4 is 4.90 Å². The Bertz CT molecular complexity index is 1070. The Morgan fingerprint density at radius 2 is 1.87 bits per heavy atom. The van der Waals surface area contributed by atoms with Gasteiger partial charge in [0.05, 0.1) is 0 Å². The summed E-state index contributed by atoms with van der Waals surface area (Å²) in [5, 5.41) is 8.46. The van der Waals surface area contributed by atoms with E-state index in [0.717, 1.165) is 50.6 Å².